The molecule has 3 N–H and O–H groups in total. The fourth-order valence-corrected chi connectivity index (χ4v) is 2.53. The fourth-order valence-electron chi connectivity index (χ4n) is 1.89. The highest BCUT2D eigenvalue weighted by Crippen LogP contribution is 2.21. The number of nitrogens with two attached hydrogens (primary N) is 1. The molecule has 3 heterocycles. The van der Waals surface area contributed by atoms with Crippen LogP contribution in [0.2, 0.25) is 0 Å². The largest absolute Gasteiger partial charge is 0.338 e. The summed E-state index contributed by atoms with van der Waals surface area (Å²) in [7, 11) is 0. The van der Waals surface area contributed by atoms with Gasteiger partial charge in [-0.15, -0.1) is 5.10 Å². The Hall–Kier alpha value is -1.40. The van der Waals surface area contributed by atoms with Crippen LogP contribution in [-0.4, -0.2) is 34.3 Å². The predicted octanol–water partition coefficient (Wildman–Crippen LogP) is 1.07. The van der Waals surface area contributed by atoms with Gasteiger partial charge in [0.1, 0.15) is 0 Å². The number of rotatable bonds is 2. The van der Waals surface area contributed by atoms with Crippen molar-refractivity contribution in [3.05, 3.63) is 16.8 Å². The van der Waals surface area contributed by atoms with Crippen LogP contribution in [0.4, 0.5) is 5.95 Å². The van der Waals surface area contributed by atoms with E-state index in [0.717, 1.165) is 36.8 Å². The SMILES string of the molecule is NC1CCN(c2n[nH]c(-c3ccsc3)n2)C1. The summed E-state index contributed by atoms with van der Waals surface area (Å²) in [6.07, 6.45) is 1.02. The molecule has 0 bridgehead atoms. The molecule has 3 rings (SSSR count). The lowest BCUT2D eigenvalue weighted by Crippen LogP contribution is -2.26. The molecule has 1 atom stereocenters. The second kappa shape index (κ2) is 3.88. The smallest absolute Gasteiger partial charge is 0.245 e. The molecule has 2 aromatic heterocycles. The van der Waals surface area contributed by atoms with Gasteiger partial charge in [-0.1, -0.05) is 0 Å². The monoisotopic (exact) mass is 235 g/mol. The van der Waals surface area contributed by atoms with E-state index in [2.05, 4.69) is 25.5 Å². The van der Waals surface area contributed by atoms with Crippen molar-refractivity contribution in [2.75, 3.05) is 18.0 Å². The summed E-state index contributed by atoms with van der Waals surface area (Å²) in [5, 5.41) is 11.3. The Morgan fingerprint density at radius 3 is 3.19 bits per heavy atom. The van der Waals surface area contributed by atoms with Gasteiger partial charge >= 0.3 is 0 Å². The van der Waals surface area contributed by atoms with Gasteiger partial charge in [-0.25, -0.2) is 0 Å². The van der Waals surface area contributed by atoms with E-state index >= 15 is 0 Å². The second-order valence-corrected chi connectivity index (χ2v) is 4.77. The van der Waals surface area contributed by atoms with Crippen molar-refractivity contribution in [3.63, 3.8) is 0 Å². The minimum atomic E-state index is 0.253. The molecule has 1 unspecified atom stereocenters. The molecule has 5 nitrogen and oxygen atoms in total. The molecule has 0 spiro atoms. The van der Waals surface area contributed by atoms with Crippen LogP contribution in [-0.2, 0) is 0 Å². The molecule has 0 aromatic carbocycles. The number of thiophene rings is 1. The van der Waals surface area contributed by atoms with Crippen LogP contribution in [0.25, 0.3) is 11.4 Å². The third kappa shape index (κ3) is 1.70. The van der Waals surface area contributed by atoms with Crippen LogP contribution >= 0.6 is 11.3 Å². The van der Waals surface area contributed by atoms with Gasteiger partial charge < -0.3 is 10.6 Å². The Morgan fingerprint density at radius 2 is 2.50 bits per heavy atom. The number of H-pyrrole nitrogens is 1. The van der Waals surface area contributed by atoms with Gasteiger partial charge in [0.05, 0.1) is 0 Å². The summed E-state index contributed by atoms with van der Waals surface area (Å²) in [5.74, 6) is 1.59. The Morgan fingerprint density at radius 1 is 1.56 bits per heavy atom. The van der Waals surface area contributed by atoms with Crippen LogP contribution in [0.3, 0.4) is 0 Å². The van der Waals surface area contributed by atoms with E-state index in [1.54, 1.807) is 11.3 Å². The molecular weight excluding hydrogens is 222 g/mol. The minimum Gasteiger partial charge on any atom is -0.338 e. The van der Waals surface area contributed by atoms with E-state index in [4.69, 9.17) is 5.73 Å². The van der Waals surface area contributed by atoms with Crippen molar-refractivity contribution in [2.24, 2.45) is 5.73 Å². The first-order valence-electron chi connectivity index (χ1n) is 5.28. The second-order valence-electron chi connectivity index (χ2n) is 3.99. The maximum absolute atomic E-state index is 5.86. The number of aromatic nitrogens is 3. The van der Waals surface area contributed by atoms with E-state index in [9.17, 15) is 0 Å². The standard InChI is InChI=1S/C10H13N5S/c11-8-1-3-15(5-8)10-12-9(13-14-10)7-2-4-16-6-7/h2,4,6,8H,1,3,5,11H2,(H,12,13,14). The maximum atomic E-state index is 5.86. The molecule has 6 heteroatoms. The van der Waals surface area contributed by atoms with Crippen molar-refractivity contribution >= 4 is 17.3 Å². The van der Waals surface area contributed by atoms with E-state index in [0.29, 0.717) is 0 Å². The van der Waals surface area contributed by atoms with Crippen molar-refractivity contribution < 1.29 is 0 Å². The Bertz CT molecular complexity index is 463. The van der Waals surface area contributed by atoms with Gasteiger partial charge in [0.25, 0.3) is 0 Å². The lowest BCUT2D eigenvalue weighted by atomic mass is 10.3. The molecule has 0 aliphatic carbocycles. The molecule has 84 valence electrons. The third-order valence-corrected chi connectivity index (χ3v) is 3.46. The molecule has 0 radical (unpaired) electrons. The number of nitrogens with one attached hydrogen (secondary N) is 1. The third-order valence-electron chi connectivity index (χ3n) is 2.78. The van der Waals surface area contributed by atoms with Crippen molar-refractivity contribution in [1.29, 1.82) is 0 Å². The molecule has 0 amide bonds. The Labute approximate surface area is 97.3 Å². The Balaban J connectivity index is 1.83. The quantitative estimate of drug-likeness (QED) is 0.817. The lowest BCUT2D eigenvalue weighted by Gasteiger charge is -2.11. The zero-order chi connectivity index (χ0) is 11.0. The Kier molecular flexibility index (Phi) is 2.37. The summed E-state index contributed by atoms with van der Waals surface area (Å²) >= 11 is 1.65. The van der Waals surface area contributed by atoms with Crippen molar-refractivity contribution in [2.45, 2.75) is 12.5 Å². The summed E-state index contributed by atoms with van der Waals surface area (Å²) < 4.78 is 0. The highest BCUT2D eigenvalue weighted by Gasteiger charge is 2.22. The minimum absolute atomic E-state index is 0.253. The van der Waals surface area contributed by atoms with Crippen LogP contribution in [0.5, 0.6) is 0 Å². The molecule has 16 heavy (non-hydrogen) atoms. The fraction of sp³-hybridized carbons (Fsp3) is 0.400. The first kappa shape index (κ1) is 9.80. The highest BCUT2D eigenvalue weighted by molar-refractivity contribution is 7.08. The molecule has 0 saturated carbocycles. The van der Waals surface area contributed by atoms with Crippen LogP contribution in [0.1, 0.15) is 6.42 Å². The molecule has 1 fully saturated rings. The van der Waals surface area contributed by atoms with E-state index in [-0.39, 0.29) is 6.04 Å². The zero-order valence-corrected chi connectivity index (χ0v) is 9.57. The zero-order valence-electron chi connectivity index (χ0n) is 8.76. The molecule has 1 aliphatic heterocycles. The first-order valence-corrected chi connectivity index (χ1v) is 6.23. The number of hydrogen-bond donors (Lipinski definition) is 2. The van der Waals surface area contributed by atoms with E-state index in [1.807, 2.05) is 11.4 Å². The van der Waals surface area contributed by atoms with Crippen molar-refractivity contribution in [1.82, 2.24) is 15.2 Å². The van der Waals surface area contributed by atoms with Crippen molar-refractivity contribution in [3.8, 4) is 11.4 Å². The van der Waals surface area contributed by atoms with Crippen LogP contribution < -0.4 is 10.6 Å². The average Bonchev–Trinajstić information content (AvgIpc) is 2.97. The van der Waals surface area contributed by atoms with Gasteiger partial charge in [-0.3, -0.25) is 5.10 Å². The normalized spacial score (nSPS) is 20.6. The first-order chi connectivity index (χ1) is 7.83. The highest BCUT2D eigenvalue weighted by atomic mass is 32.1. The van der Waals surface area contributed by atoms with Gasteiger partial charge in [-0.05, 0) is 17.9 Å². The van der Waals surface area contributed by atoms with Crippen LogP contribution in [0.15, 0.2) is 16.8 Å². The molecular formula is C10H13N5S. The van der Waals surface area contributed by atoms with Gasteiger partial charge in [0.15, 0.2) is 5.82 Å². The van der Waals surface area contributed by atoms with Gasteiger partial charge in [0, 0.05) is 30.1 Å². The lowest BCUT2D eigenvalue weighted by molar-refractivity contribution is 0.750. The number of hydrogen-bond acceptors (Lipinski definition) is 5. The van der Waals surface area contributed by atoms with Gasteiger partial charge in [-0.2, -0.15) is 16.3 Å². The van der Waals surface area contributed by atoms with E-state index in [1.165, 1.54) is 0 Å². The molecule has 2 aromatic rings. The summed E-state index contributed by atoms with van der Waals surface area (Å²) in [6.45, 7) is 1.79. The average molecular weight is 235 g/mol. The topological polar surface area (TPSA) is 70.8 Å². The number of nitrogens with zero attached hydrogens (tertiary/aromatic N) is 3. The summed E-state index contributed by atoms with van der Waals surface area (Å²) in [5.41, 5.74) is 6.95. The summed E-state index contributed by atoms with van der Waals surface area (Å²) in [6, 6.07) is 2.29. The predicted molar refractivity (Wildman–Crippen MR) is 64.5 cm³/mol. The maximum Gasteiger partial charge on any atom is 0.245 e. The molecule has 1 saturated heterocycles. The summed E-state index contributed by atoms with van der Waals surface area (Å²) in [4.78, 5) is 6.60. The van der Waals surface area contributed by atoms with Crippen LogP contribution in [0, 0.1) is 0 Å². The molecule has 1 aliphatic rings. The van der Waals surface area contributed by atoms with Gasteiger partial charge in [0.2, 0.25) is 5.95 Å². The van der Waals surface area contributed by atoms with E-state index < -0.39 is 0 Å². The number of aromatic amines is 1. The number of anilines is 1.